The molecule has 0 saturated heterocycles. The van der Waals surface area contributed by atoms with Crippen LogP contribution in [-0.4, -0.2) is 5.84 Å². The van der Waals surface area contributed by atoms with Gasteiger partial charge in [0, 0.05) is 10.0 Å². The predicted molar refractivity (Wildman–Crippen MR) is 87.3 cm³/mol. The SMILES string of the molecule is NC(C=Cc1ccccc1)=NCc1cc(Cl)ccc1Cl. The summed E-state index contributed by atoms with van der Waals surface area (Å²) < 4.78 is 0. The van der Waals surface area contributed by atoms with Crippen molar-refractivity contribution in [1.82, 2.24) is 0 Å². The Bertz CT molecular complexity index is 634. The van der Waals surface area contributed by atoms with Gasteiger partial charge in [0.05, 0.1) is 6.54 Å². The molecule has 0 saturated carbocycles. The Hall–Kier alpha value is -1.77. The zero-order valence-corrected chi connectivity index (χ0v) is 12.3. The number of hydrogen-bond acceptors (Lipinski definition) is 1. The number of benzene rings is 2. The second-order valence-electron chi connectivity index (χ2n) is 4.22. The summed E-state index contributed by atoms with van der Waals surface area (Å²) in [5.74, 6) is 0.449. The van der Waals surface area contributed by atoms with Gasteiger partial charge < -0.3 is 5.73 Å². The molecule has 20 heavy (non-hydrogen) atoms. The minimum Gasteiger partial charge on any atom is -0.384 e. The van der Waals surface area contributed by atoms with Gasteiger partial charge in [0.2, 0.25) is 0 Å². The van der Waals surface area contributed by atoms with E-state index in [-0.39, 0.29) is 0 Å². The molecule has 2 nitrogen and oxygen atoms in total. The van der Waals surface area contributed by atoms with Gasteiger partial charge in [0.15, 0.2) is 0 Å². The van der Waals surface area contributed by atoms with Crippen molar-refractivity contribution in [2.24, 2.45) is 10.7 Å². The topological polar surface area (TPSA) is 38.4 Å². The van der Waals surface area contributed by atoms with E-state index in [0.717, 1.165) is 11.1 Å². The standard InChI is InChI=1S/C16H14Cl2N2/c17-14-7-8-15(18)13(10-14)11-20-16(19)9-6-12-4-2-1-3-5-12/h1-10H,11H2,(H2,19,20). The highest BCUT2D eigenvalue weighted by atomic mass is 35.5. The molecule has 2 aromatic rings. The molecule has 0 aromatic heterocycles. The molecule has 0 radical (unpaired) electrons. The van der Waals surface area contributed by atoms with Gasteiger partial charge in [-0.3, -0.25) is 4.99 Å². The molecule has 2 N–H and O–H groups in total. The summed E-state index contributed by atoms with van der Waals surface area (Å²) in [7, 11) is 0. The van der Waals surface area contributed by atoms with Gasteiger partial charge in [-0.15, -0.1) is 0 Å². The number of halogens is 2. The van der Waals surface area contributed by atoms with E-state index in [1.165, 1.54) is 0 Å². The van der Waals surface area contributed by atoms with E-state index in [9.17, 15) is 0 Å². The van der Waals surface area contributed by atoms with E-state index < -0.39 is 0 Å². The largest absolute Gasteiger partial charge is 0.384 e. The zero-order valence-electron chi connectivity index (χ0n) is 10.8. The molecular formula is C16H14Cl2N2. The summed E-state index contributed by atoms with van der Waals surface area (Å²) in [4.78, 5) is 4.28. The molecule has 0 aliphatic carbocycles. The first-order chi connectivity index (χ1) is 9.65. The lowest BCUT2D eigenvalue weighted by atomic mass is 10.2. The highest BCUT2D eigenvalue weighted by Gasteiger charge is 2.00. The molecule has 0 fully saturated rings. The van der Waals surface area contributed by atoms with Gasteiger partial charge in [-0.1, -0.05) is 59.6 Å². The lowest BCUT2D eigenvalue weighted by molar-refractivity contribution is 1.06. The number of rotatable bonds is 4. The third-order valence-corrected chi connectivity index (χ3v) is 3.29. The monoisotopic (exact) mass is 304 g/mol. The van der Waals surface area contributed by atoms with Gasteiger partial charge in [0.25, 0.3) is 0 Å². The van der Waals surface area contributed by atoms with Crippen LogP contribution in [0.4, 0.5) is 0 Å². The van der Waals surface area contributed by atoms with Crippen molar-refractivity contribution >= 4 is 35.1 Å². The molecule has 0 heterocycles. The first-order valence-electron chi connectivity index (χ1n) is 6.12. The van der Waals surface area contributed by atoms with Crippen LogP contribution in [0.3, 0.4) is 0 Å². The van der Waals surface area contributed by atoms with Crippen LogP contribution in [0, 0.1) is 0 Å². The third kappa shape index (κ3) is 4.41. The zero-order chi connectivity index (χ0) is 14.4. The van der Waals surface area contributed by atoms with Crippen molar-refractivity contribution in [3.63, 3.8) is 0 Å². The summed E-state index contributed by atoms with van der Waals surface area (Å²) in [6.45, 7) is 0.407. The van der Waals surface area contributed by atoms with Crippen LogP contribution < -0.4 is 5.73 Å². The minimum atomic E-state index is 0.407. The maximum absolute atomic E-state index is 6.07. The lowest BCUT2D eigenvalue weighted by Gasteiger charge is -2.01. The maximum atomic E-state index is 6.07. The Kier molecular flexibility index (Phi) is 5.22. The van der Waals surface area contributed by atoms with E-state index in [1.807, 2.05) is 36.4 Å². The van der Waals surface area contributed by atoms with Crippen molar-refractivity contribution in [1.29, 1.82) is 0 Å². The summed E-state index contributed by atoms with van der Waals surface area (Å²) in [6, 6.07) is 15.2. The average molecular weight is 305 g/mol. The first-order valence-corrected chi connectivity index (χ1v) is 6.88. The molecule has 0 spiro atoms. The maximum Gasteiger partial charge on any atom is 0.118 e. The van der Waals surface area contributed by atoms with Gasteiger partial charge >= 0.3 is 0 Å². The van der Waals surface area contributed by atoms with E-state index in [2.05, 4.69) is 4.99 Å². The Morgan fingerprint density at radius 3 is 2.60 bits per heavy atom. The van der Waals surface area contributed by atoms with Crippen molar-refractivity contribution in [3.05, 3.63) is 75.8 Å². The Morgan fingerprint density at radius 1 is 1.10 bits per heavy atom. The van der Waals surface area contributed by atoms with Crippen LogP contribution in [0.1, 0.15) is 11.1 Å². The molecule has 4 heteroatoms. The highest BCUT2D eigenvalue weighted by molar-refractivity contribution is 6.33. The van der Waals surface area contributed by atoms with Crippen LogP contribution in [-0.2, 0) is 6.54 Å². The molecule has 102 valence electrons. The number of amidine groups is 1. The van der Waals surface area contributed by atoms with E-state index in [0.29, 0.717) is 22.4 Å². The summed E-state index contributed by atoms with van der Waals surface area (Å²) in [5, 5.41) is 1.27. The number of nitrogens with zero attached hydrogens (tertiary/aromatic N) is 1. The molecule has 0 aliphatic heterocycles. The summed E-state index contributed by atoms with van der Waals surface area (Å²) in [6.07, 6.45) is 3.69. The van der Waals surface area contributed by atoms with Gasteiger partial charge in [-0.2, -0.15) is 0 Å². The van der Waals surface area contributed by atoms with E-state index >= 15 is 0 Å². The highest BCUT2D eigenvalue weighted by Crippen LogP contribution is 2.21. The van der Waals surface area contributed by atoms with Crippen LogP contribution in [0.15, 0.2) is 59.6 Å². The molecule has 0 aliphatic rings. The van der Waals surface area contributed by atoms with Crippen LogP contribution in [0.5, 0.6) is 0 Å². The molecule has 2 rings (SSSR count). The molecule has 0 amide bonds. The average Bonchev–Trinajstić information content (AvgIpc) is 2.47. The normalized spacial score (nSPS) is 12.0. The predicted octanol–water partition coefficient (Wildman–Crippen LogP) is 4.56. The fraction of sp³-hybridized carbons (Fsp3) is 0.0625. The van der Waals surface area contributed by atoms with E-state index in [1.54, 1.807) is 24.3 Å². The second-order valence-corrected chi connectivity index (χ2v) is 5.06. The summed E-state index contributed by atoms with van der Waals surface area (Å²) in [5.41, 5.74) is 7.78. The van der Waals surface area contributed by atoms with Crippen molar-refractivity contribution in [2.75, 3.05) is 0 Å². The Labute approximate surface area is 128 Å². The van der Waals surface area contributed by atoms with Crippen molar-refractivity contribution < 1.29 is 0 Å². The number of hydrogen-bond donors (Lipinski definition) is 1. The fourth-order valence-corrected chi connectivity index (χ4v) is 2.01. The number of nitrogens with two attached hydrogens (primary N) is 1. The smallest absolute Gasteiger partial charge is 0.118 e. The number of aliphatic imine (C=N–C) groups is 1. The third-order valence-electron chi connectivity index (χ3n) is 2.69. The fourth-order valence-electron chi connectivity index (χ4n) is 1.64. The molecule has 0 bridgehead atoms. The van der Waals surface area contributed by atoms with Crippen molar-refractivity contribution in [2.45, 2.75) is 6.54 Å². The van der Waals surface area contributed by atoms with Crippen molar-refractivity contribution in [3.8, 4) is 0 Å². The van der Waals surface area contributed by atoms with Crippen LogP contribution in [0.25, 0.3) is 6.08 Å². The molecule has 0 atom stereocenters. The second kappa shape index (κ2) is 7.13. The van der Waals surface area contributed by atoms with E-state index in [4.69, 9.17) is 28.9 Å². The lowest BCUT2D eigenvalue weighted by Crippen LogP contribution is -2.08. The van der Waals surface area contributed by atoms with Crippen LogP contribution >= 0.6 is 23.2 Å². The molecule has 0 unspecified atom stereocenters. The Balaban J connectivity index is 2.04. The Morgan fingerprint density at radius 2 is 1.85 bits per heavy atom. The molecular weight excluding hydrogens is 291 g/mol. The molecule has 2 aromatic carbocycles. The van der Waals surface area contributed by atoms with Crippen LogP contribution in [0.2, 0.25) is 10.0 Å². The first kappa shape index (κ1) is 14.6. The minimum absolute atomic E-state index is 0.407. The quantitative estimate of drug-likeness (QED) is 0.652. The summed E-state index contributed by atoms with van der Waals surface area (Å²) >= 11 is 12.0. The van der Waals surface area contributed by atoms with Gasteiger partial charge in [-0.25, -0.2) is 0 Å². The van der Waals surface area contributed by atoms with Gasteiger partial charge in [-0.05, 0) is 35.4 Å². The van der Waals surface area contributed by atoms with Gasteiger partial charge in [0.1, 0.15) is 5.84 Å².